The molecule has 0 atom stereocenters. The van der Waals surface area contributed by atoms with Crippen LogP contribution in [0.3, 0.4) is 0 Å². The molecule has 1 aromatic heterocycles. The normalized spacial score (nSPS) is 12.2. The fraction of sp³-hybridized carbons (Fsp3) is 0.118. The van der Waals surface area contributed by atoms with Crippen molar-refractivity contribution in [3.8, 4) is 0 Å². The van der Waals surface area contributed by atoms with Crippen molar-refractivity contribution in [3.63, 3.8) is 0 Å². The lowest BCUT2D eigenvalue weighted by atomic mass is 10.2. The van der Waals surface area contributed by atoms with Crippen LogP contribution >= 0.6 is 0 Å². The zero-order valence-corrected chi connectivity index (χ0v) is 15.8. The molecule has 0 bridgehead atoms. The highest BCUT2D eigenvalue weighted by Gasteiger charge is 2.29. The first-order valence-electron chi connectivity index (χ1n) is 7.61. The standard InChI is InChI=1S/C17H17N3O4S2/c1-12-3-7-14(8-4-12)25(21,22)16-11-19-20(17(16)18)26(23,24)15-9-5-13(2)6-10-15/h3-11H,18H2,1-2H3. The molecule has 0 unspecified atom stereocenters. The Kier molecular flexibility index (Phi) is 4.37. The molecule has 2 N–H and O–H groups in total. The van der Waals surface area contributed by atoms with Gasteiger partial charge in [-0.05, 0) is 38.1 Å². The van der Waals surface area contributed by atoms with Gasteiger partial charge in [0, 0.05) is 0 Å². The first kappa shape index (κ1) is 18.2. The second-order valence-corrected chi connectivity index (χ2v) is 9.56. The van der Waals surface area contributed by atoms with Gasteiger partial charge >= 0.3 is 0 Å². The molecule has 1 heterocycles. The van der Waals surface area contributed by atoms with Gasteiger partial charge in [-0.1, -0.05) is 35.4 Å². The largest absolute Gasteiger partial charge is 0.382 e. The first-order chi connectivity index (χ1) is 12.1. The lowest BCUT2D eigenvalue weighted by Crippen LogP contribution is -2.17. The van der Waals surface area contributed by atoms with Gasteiger partial charge in [-0.2, -0.15) is 13.5 Å². The number of aryl methyl sites for hydroxylation is 2. The second-order valence-electron chi connectivity index (χ2n) is 5.87. The summed E-state index contributed by atoms with van der Waals surface area (Å²) in [5.74, 6) is -0.453. The molecule has 9 heteroatoms. The average molecular weight is 391 g/mol. The zero-order valence-electron chi connectivity index (χ0n) is 14.1. The Morgan fingerprint density at radius 2 is 1.27 bits per heavy atom. The summed E-state index contributed by atoms with van der Waals surface area (Å²) in [6.07, 6.45) is 0.955. The van der Waals surface area contributed by atoms with Crippen molar-refractivity contribution in [1.82, 2.24) is 9.19 Å². The minimum Gasteiger partial charge on any atom is -0.382 e. The molecule has 26 heavy (non-hydrogen) atoms. The van der Waals surface area contributed by atoms with E-state index in [0.29, 0.717) is 4.09 Å². The number of rotatable bonds is 4. The SMILES string of the molecule is Cc1ccc(S(=O)(=O)c2cnn(S(=O)(=O)c3ccc(C)cc3)c2N)cc1. The van der Waals surface area contributed by atoms with Crippen molar-refractivity contribution in [2.75, 3.05) is 5.73 Å². The van der Waals surface area contributed by atoms with Crippen LogP contribution in [0.5, 0.6) is 0 Å². The van der Waals surface area contributed by atoms with Gasteiger partial charge in [-0.3, -0.25) is 0 Å². The van der Waals surface area contributed by atoms with Gasteiger partial charge < -0.3 is 5.73 Å². The molecule has 0 aliphatic rings. The quantitative estimate of drug-likeness (QED) is 0.729. The van der Waals surface area contributed by atoms with Gasteiger partial charge in [-0.15, -0.1) is 4.09 Å². The van der Waals surface area contributed by atoms with Gasteiger partial charge in [0.2, 0.25) is 9.84 Å². The molecule has 0 amide bonds. The molecule has 3 aromatic rings. The maximum absolute atomic E-state index is 12.8. The lowest BCUT2D eigenvalue weighted by Gasteiger charge is -2.08. The summed E-state index contributed by atoms with van der Waals surface area (Å²) in [5, 5.41) is 3.72. The molecule has 0 aliphatic carbocycles. The van der Waals surface area contributed by atoms with Crippen molar-refractivity contribution in [1.29, 1.82) is 0 Å². The van der Waals surface area contributed by atoms with E-state index in [1.54, 1.807) is 24.3 Å². The monoisotopic (exact) mass is 391 g/mol. The van der Waals surface area contributed by atoms with Crippen LogP contribution in [0.1, 0.15) is 11.1 Å². The maximum Gasteiger partial charge on any atom is 0.284 e. The van der Waals surface area contributed by atoms with E-state index in [-0.39, 0.29) is 14.7 Å². The summed E-state index contributed by atoms with van der Waals surface area (Å²) >= 11 is 0. The van der Waals surface area contributed by atoms with Crippen LogP contribution < -0.4 is 5.73 Å². The molecule has 7 nitrogen and oxygen atoms in total. The highest BCUT2D eigenvalue weighted by Crippen LogP contribution is 2.28. The summed E-state index contributed by atoms with van der Waals surface area (Å²) in [7, 11) is -8.09. The molecular formula is C17H17N3O4S2. The van der Waals surface area contributed by atoms with E-state index in [0.717, 1.165) is 17.3 Å². The van der Waals surface area contributed by atoms with Gasteiger partial charge in [-0.25, -0.2) is 8.42 Å². The molecule has 0 aliphatic heterocycles. The third-order valence-corrected chi connectivity index (χ3v) is 7.31. The van der Waals surface area contributed by atoms with Gasteiger partial charge in [0.1, 0.15) is 4.90 Å². The third kappa shape index (κ3) is 2.99. The van der Waals surface area contributed by atoms with Crippen LogP contribution in [0, 0.1) is 13.8 Å². The Labute approximate surface area is 152 Å². The number of sulfone groups is 1. The van der Waals surface area contributed by atoms with Crippen LogP contribution in [-0.2, 0) is 19.9 Å². The van der Waals surface area contributed by atoms with Crippen molar-refractivity contribution in [2.45, 2.75) is 28.5 Å². The number of nitrogen functional groups attached to an aromatic ring is 1. The van der Waals surface area contributed by atoms with Crippen LogP contribution in [-0.4, -0.2) is 26.0 Å². The predicted molar refractivity (Wildman–Crippen MR) is 97.0 cm³/mol. The summed E-state index contributed by atoms with van der Waals surface area (Å²) in [4.78, 5) is -0.365. The van der Waals surface area contributed by atoms with Gasteiger partial charge in [0.25, 0.3) is 10.0 Å². The van der Waals surface area contributed by atoms with Gasteiger partial charge in [0.05, 0.1) is 16.0 Å². The van der Waals surface area contributed by atoms with Crippen molar-refractivity contribution < 1.29 is 16.8 Å². The minimum absolute atomic E-state index is 0.0158. The van der Waals surface area contributed by atoms with E-state index in [4.69, 9.17) is 5.73 Å². The van der Waals surface area contributed by atoms with Crippen molar-refractivity contribution in [3.05, 3.63) is 65.9 Å². The highest BCUT2D eigenvalue weighted by atomic mass is 32.2. The summed E-state index contributed by atoms with van der Waals surface area (Å²) < 4.78 is 51.5. The molecule has 0 saturated heterocycles. The zero-order chi connectivity index (χ0) is 19.1. The summed E-state index contributed by atoms with van der Waals surface area (Å²) in [5.41, 5.74) is 7.64. The number of anilines is 1. The first-order valence-corrected chi connectivity index (χ1v) is 10.5. The van der Waals surface area contributed by atoms with E-state index < -0.39 is 25.7 Å². The maximum atomic E-state index is 12.8. The van der Waals surface area contributed by atoms with Gasteiger partial charge in [0.15, 0.2) is 5.82 Å². The van der Waals surface area contributed by atoms with E-state index >= 15 is 0 Å². The molecule has 0 fully saturated rings. The Morgan fingerprint density at radius 3 is 1.77 bits per heavy atom. The Morgan fingerprint density at radius 1 is 0.808 bits per heavy atom. The number of aromatic nitrogens is 2. The van der Waals surface area contributed by atoms with E-state index in [9.17, 15) is 16.8 Å². The van der Waals surface area contributed by atoms with Crippen LogP contribution in [0.4, 0.5) is 5.82 Å². The molecule has 0 radical (unpaired) electrons. The highest BCUT2D eigenvalue weighted by molar-refractivity contribution is 7.92. The molecule has 0 saturated carbocycles. The molecule has 3 rings (SSSR count). The smallest absolute Gasteiger partial charge is 0.284 e. The summed E-state index contributed by atoms with van der Waals surface area (Å²) in [6, 6.07) is 12.3. The lowest BCUT2D eigenvalue weighted by molar-refractivity contribution is 0.581. The Balaban J connectivity index is 2.11. The van der Waals surface area contributed by atoms with Crippen LogP contribution in [0.25, 0.3) is 0 Å². The predicted octanol–water partition coefficient (Wildman–Crippen LogP) is 2.15. The van der Waals surface area contributed by atoms with Crippen LogP contribution in [0.15, 0.2) is 69.4 Å². The van der Waals surface area contributed by atoms with Crippen LogP contribution in [0.2, 0.25) is 0 Å². The Hall–Kier alpha value is -2.65. The topological polar surface area (TPSA) is 112 Å². The fourth-order valence-electron chi connectivity index (χ4n) is 2.38. The average Bonchev–Trinajstić information content (AvgIpc) is 2.99. The van der Waals surface area contributed by atoms with E-state index in [2.05, 4.69) is 5.10 Å². The molecular weight excluding hydrogens is 374 g/mol. The number of nitrogens with zero attached hydrogens (tertiary/aromatic N) is 2. The number of hydrogen-bond donors (Lipinski definition) is 1. The molecule has 2 aromatic carbocycles. The molecule has 0 spiro atoms. The Bertz CT molecular complexity index is 1070. The number of benzene rings is 2. The van der Waals surface area contributed by atoms with Crippen molar-refractivity contribution in [2.24, 2.45) is 0 Å². The molecule has 136 valence electrons. The van der Waals surface area contributed by atoms with E-state index in [1.807, 2.05) is 13.8 Å². The number of hydrogen-bond acceptors (Lipinski definition) is 6. The minimum atomic E-state index is -4.10. The third-order valence-electron chi connectivity index (χ3n) is 3.91. The van der Waals surface area contributed by atoms with E-state index in [1.165, 1.54) is 24.3 Å². The summed E-state index contributed by atoms with van der Waals surface area (Å²) in [6.45, 7) is 3.65. The number of nitrogens with two attached hydrogens (primary N) is 1. The fourth-order valence-corrected chi connectivity index (χ4v) is 4.94. The second kappa shape index (κ2) is 6.26. The van der Waals surface area contributed by atoms with Crippen molar-refractivity contribution >= 4 is 25.7 Å².